The van der Waals surface area contributed by atoms with Crippen molar-refractivity contribution in [1.29, 1.82) is 5.26 Å². The van der Waals surface area contributed by atoms with Gasteiger partial charge in [0.15, 0.2) is 0 Å². The Morgan fingerprint density at radius 3 is 2.29 bits per heavy atom. The molecular formula is C26H22ClF3N2O3. The molecule has 9 heteroatoms. The molecule has 2 atom stereocenters. The topological polar surface area (TPSA) is 71.3 Å². The lowest BCUT2D eigenvalue weighted by molar-refractivity contribution is -0.149. The third-order valence-corrected chi connectivity index (χ3v) is 5.33. The van der Waals surface area contributed by atoms with E-state index in [0.717, 1.165) is 18.2 Å². The second-order valence-corrected chi connectivity index (χ2v) is 8.40. The van der Waals surface area contributed by atoms with Gasteiger partial charge < -0.3 is 14.8 Å². The first kappa shape index (κ1) is 25.9. The number of nitrogens with zero attached hydrogens (tertiary/aromatic N) is 1. The molecule has 0 radical (unpaired) electrons. The predicted octanol–water partition coefficient (Wildman–Crippen LogP) is 7.40. The van der Waals surface area contributed by atoms with E-state index < -0.39 is 29.9 Å². The van der Waals surface area contributed by atoms with E-state index in [1.165, 1.54) is 0 Å². The number of ether oxygens (including phenoxy) is 2. The number of anilines is 1. The highest BCUT2D eigenvalue weighted by molar-refractivity contribution is 6.33. The highest BCUT2D eigenvalue weighted by atomic mass is 35.5. The molecule has 0 aromatic heterocycles. The largest absolute Gasteiger partial charge is 0.457 e. The summed E-state index contributed by atoms with van der Waals surface area (Å²) in [5, 5.41) is 12.3. The molecule has 0 heterocycles. The molecule has 0 unspecified atom stereocenters. The third kappa shape index (κ3) is 6.90. The number of rotatable bonds is 8. The highest BCUT2D eigenvalue weighted by Crippen LogP contribution is 2.34. The van der Waals surface area contributed by atoms with E-state index in [1.54, 1.807) is 50.2 Å². The second kappa shape index (κ2) is 11.2. The van der Waals surface area contributed by atoms with Crippen LogP contribution in [0.2, 0.25) is 5.02 Å². The Hall–Kier alpha value is -3.70. The minimum atomic E-state index is -4.54. The van der Waals surface area contributed by atoms with Crippen molar-refractivity contribution in [2.24, 2.45) is 5.92 Å². The molecule has 0 saturated heterocycles. The van der Waals surface area contributed by atoms with Crippen molar-refractivity contribution >= 4 is 23.3 Å². The van der Waals surface area contributed by atoms with Gasteiger partial charge in [0.1, 0.15) is 23.6 Å². The van der Waals surface area contributed by atoms with Gasteiger partial charge in [-0.3, -0.25) is 0 Å². The number of hydrogen-bond acceptors (Lipinski definition) is 5. The zero-order chi connectivity index (χ0) is 25.6. The number of benzene rings is 3. The summed E-state index contributed by atoms with van der Waals surface area (Å²) in [6.07, 6.45) is -5.77. The van der Waals surface area contributed by atoms with Gasteiger partial charge in [0.2, 0.25) is 6.10 Å². The van der Waals surface area contributed by atoms with Crippen LogP contribution in [0.3, 0.4) is 0 Å². The summed E-state index contributed by atoms with van der Waals surface area (Å²) >= 11 is 6.02. The van der Waals surface area contributed by atoms with Crippen LogP contribution in [0.1, 0.15) is 31.1 Å². The van der Waals surface area contributed by atoms with Crippen LogP contribution in [-0.2, 0) is 15.7 Å². The maximum absolute atomic E-state index is 13.0. The van der Waals surface area contributed by atoms with Crippen LogP contribution in [-0.4, -0.2) is 12.0 Å². The average Bonchev–Trinajstić information content (AvgIpc) is 2.81. The lowest BCUT2D eigenvalue weighted by atomic mass is 10.0. The SMILES string of the molecule is CC(C)[C@H](Nc1ccc(C(F)(F)F)cc1Cl)C(=O)O[C@H](C#N)c1cccc(Oc2ccccc2)c1. The average molecular weight is 503 g/mol. The molecule has 0 fully saturated rings. The lowest BCUT2D eigenvalue weighted by Crippen LogP contribution is -2.36. The summed E-state index contributed by atoms with van der Waals surface area (Å²) in [5.41, 5.74) is -0.356. The van der Waals surface area contributed by atoms with E-state index in [0.29, 0.717) is 17.1 Å². The molecule has 0 spiro atoms. The van der Waals surface area contributed by atoms with Crippen LogP contribution < -0.4 is 10.1 Å². The molecule has 3 rings (SSSR count). The second-order valence-electron chi connectivity index (χ2n) is 7.99. The van der Waals surface area contributed by atoms with Gasteiger partial charge in [-0.15, -0.1) is 0 Å². The monoisotopic (exact) mass is 502 g/mol. The maximum atomic E-state index is 13.0. The number of alkyl halides is 3. The molecular weight excluding hydrogens is 481 g/mol. The van der Waals surface area contributed by atoms with Crippen molar-refractivity contribution in [1.82, 2.24) is 0 Å². The Bertz CT molecular complexity index is 1210. The van der Waals surface area contributed by atoms with Crippen LogP contribution in [0.5, 0.6) is 11.5 Å². The maximum Gasteiger partial charge on any atom is 0.416 e. The minimum absolute atomic E-state index is 0.141. The molecule has 0 bridgehead atoms. The van der Waals surface area contributed by atoms with Gasteiger partial charge in [-0.2, -0.15) is 18.4 Å². The molecule has 0 aliphatic heterocycles. The molecule has 0 amide bonds. The van der Waals surface area contributed by atoms with E-state index in [-0.39, 0.29) is 16.6 Å². The molecule has 3 aromatic rings. The lowest BCUT2D eigenvalue weighted by Gasteiger charge is -2.24. The fourth-order valence-electron chi connectivity index (χ4n) is 3.20. The number of halogens is 4. The molecule has 0 aliphatic rings. The summed E-state index contributed by atoms with van der Waals surface area (Å²) in [6.45, 7) is 3.46. The van der Waals surface area contributed by atoms with Gasteiger partial charge >= 0.3 is 12.1 Å². The summed E-state index contributed by atoms with van der Waals surface area (Å²) in [7, 11) is 0. The Labute approximate surface area is 206 Å². The van der Waals surface area contributed by atoms with E-state index in [9.17, 15) is 23.2 Å². The first-order valence-corrected chi connectivity index (χ1v) is 11.0. The van der Waals surface area contributed by atoms with Crippen molar-refractivity contribution in [3.05, 3.63) is 88.9 Å². The molecule has 35 heavy (non-hydrogen) atoms. The fourth-order valence-corrected chi connectivity index (χ4v) is 3.43. The van der Waals surface area contributed by atoms with E-state index in [1.807, 2.05) is 24.3 Å². The molecule has 5 nitrogen and oxygen atoms in total. The van der Waals surface area contributed by atoms with Gasteiger partial charge in [-0.05, 0) is 48.4 Å². The number of hydrogen-bond donors (Lipinski definition) is 1. The smallest absolute Gasteiger partial charge is 0.416 e. The van der Waals surface area contributed by atoms with E-state index in [2.05, 4.69) is 5.32 Å². The zero-order valence-electron chi connectivity index (χ0n) is 18.8. The van der Waals surface area contributed by atoms with Gasteiger partial charge in [0, 0.05) is 5.56 Å². The first-order valence-electron chi connectivity index (χ1n) is 10.6. The summed E-state index contributed by atoms with van der Waals surface area (Å²) in [5.74, 6) is -0.0161. The van der Waals surface area contributed by atoms with Crippen LogP contribution in [0.4, 0.5) is 18.9 Å². The number of para-hydroxylation sites is 1. The van der Waals surface area contributed by atoms with Crippen molar-refractivity contribution in [3.63, 3.8) is 0 Å². The Balaban J connectivity index is 1.75. The Morgan fingerprint density at radius 2 is 1.69 bits per heavy atom. The van der Waals surface area contributed by atoms with Crippen LogP contribution in [0, 0.1) is 17.2 Å². The first-order chi connectivity index (χ1) is 16.6. The third-order valence-electron chi connectivity index (χ3n) is 5.02. The number of esters is 1. The van der Waals surface area contributed by atoms with Crippen molar-refractivity contribution in [3.8, 4) is 17.6 Å². The fraction of sp³-hybridized carbons (Fsp3) is 0.231. The summed E-state index contributed by atoms with van der Waals surface area (Å²) in [6, 6.07) is 19.4. The van der Waals surface area contributed by atoms with E-state index >= 15 is 0 Å². The zero-order valence-corrected chi connectivity index (χ0v) is 19.6. The van der Waals surface area contributed by atoms with Crippen LogP contribution >= 0.6 is 11.6 Å². The Morgan fingerprint density at radius 1 is 1.00 bits per heavy atom. The highest BCUT2D eigenvalue weighted by Gasteiger charge is 2.32. The van der Waals surface area contributed by atoms with Gasteiger partial charge in [-0.1, -0.05) is 55.8 Å². The van der Waals surface area contributed by atoms with Gasteiger partial charge in [0.25, 0.3) is 0 Å². The summed E-state index contributed by atoms with van der Waals surface area (Å²) in [4.78, 5) is 13.0. The van der Waals surface area contributed by atoms with Crippen molar-refractivity contribution in [2.45, 2.75) is 32.2 Å². The number of carbonyl (C=O) groups excluding carboxylic acids is 1. The quantitative estimate of drug-likeness (QED) is 0.325. The van der Waals surface area contributed by atoms with E-state index in [4.69, 9.17) is 21.1 Å². The molecule has 0 aliphatic carbocycles. The summed E-state index contributed by atoms with van der Waals surface area (Å²) < 4.78 is 50.0. The predicted molar refractivity (Wildman–Crippen MR) is 126 cm³/mol. The van der Waals surface area contributed by atoms with Gasteiger partial charge in [-0.25, -0.2) is 4.79 Å². The number of nitrogens with one attached hydrogen (secondary N) is 1. The molecule has 0 saturated carbocycles. The Kier molecular flexibility index (Phi) is 8.26. The normalized spacial score (nSPS) is 13.0. The molecule has 182 valence electrons. The standard InChI is InChI=1S/C26H22ClF3N2O3/c1-16(2)24(32-22-12-11-18(14-21(22)27)26(28,29)30)25(33)35-23(15-31)17-7-6-10-20(13-17)34-19-8-4-3-5-9-19/h3-14,16,23-24,32H,1-2H3/t23-,24+/m1/s1. The van der Waals surface area contributed by atoms with Crippen LogP contribution in [0.25, 0.3) is 0 Å². The van der Waals surface area contributed by atoms with Crippen molar-refractivity contribution in [2.75, 3.05) is 5.32 Å². The minimum Gasteiger partial charge on any atom is -0.457 e. The molecule has 3 aromatic carbocycles. The van der Waals surface area contributed by atoms with Crippen LogP contribution in [0.15, 0.2) is 72.8 Å². The van der Waals surface area contributed by atoms with Gasteiger partial charge in [0.05, 0.1) is 16.3 Å². The number of carbonyl (C=O) groups is 1. The molecule has 1 N–H and O–H groups in total. The number of nitriles is 1. The van der Waals surface area contributed by atoms with Crippen molar-refractivity contribution < 1.29 is 27.4 Å².